The molecule has 0 heterocycles. The van der Waals surface area contributed by atoms with Crippen LogP contribution in [-0.4, -0.2) is 37.7 Å². The molecule has 0 radical (unpaired) electrons. The summed E-state index contributed by atoms with van der Waals surface area (Å²) in [6.45, 7) is 20.3. The number of fused-ring (bicyclic) bond motifs is 7. The van der Waals surface area contributed by atoms with Crippen LogP contribution in [0.5, 0.6) is 0 Å². The molecule has 0 saturated heterocycles. The summed E-state index contributed by atoms with van der Waals surface area (Å²) >= 11 is 0. The van der Waals surface area contributed by atoms with Gasteiger partial charge in [-0.1, -0.05) is 46.3 Å². The molecule has 0 unspecified atom stereocenters. The first-order chi connectivity index (χ1) is 18.5. The van der Waals surface area contributed by atoms with E-state index in [0.29, 0.717) is 25.7 Å². The summed E-state index contributed by atoms with van der Waals surface area (Å²) in [5, 5.41) is 0. The van der Waals surface area contributed by atoms with E-state index in [9.17, 15) is 19.2 Å². The molecule has 216 valence electrons. The molecule has 0 N–H and O–H groups in total. The van der Waals surface area contributed by atoms with E-state index < -0.39 is 44.7 Å². The minimum Gasteiger partial charge on any atom is -0.469 e. The number of ether oxygens (including phenoxy) is 2. The molecule has 8 atom stereocenters. The monoisotopic (exact) mass is 549 g/mol. The van der Waals surface area contributed by atoms with E-state index in [1.807, 2.05) is 6.92 Å². The number of carbonyl (C=O) groups is 4. The minimum absolute atomic E-state index is 0.00851. The summed E-state index contributed by atoms with van der Waals surface area (Å²) in [6.07, 6.45) is 8.58. The van der Waals surface area contributed by atoms with Crippen molar-refractivity contribution in [2.45, 2.75) is 86.5 Å². The lowest BCUT2D eigenvalue weighted by molar-refractivity contribution is -0.191. The molecule has 0 amide bonds. The molecule has 0 aromatic carbocycles. The van der Waals surface area contributed by atoms with E-state index >= 15 is 0 Å². The summed E-state index contributed by atoms with van der Waals surface area (Å²) in [6, 6.07) is 0. The highest BCUT2D eigenvalue weighted by atomic mass is 16.5. The Labute approximate surface area is 237 Å². The molecule has 7 nitrogen and oxygen atoms in total. The van der Waals surface area contributed by atoms with Gasteiger partial charge >= 0.3 is 11.9 Å². The van der Waals surface area contributed by atoms with Crippen LogP contribution in [0.1, 0.15) is 86.5 Å². The quantitative estimate of drug-likeness (QED) is 0.243. The van der Waals surface area contributed by atoms with Crippen molar-refractivity contribution in [1.29, 1.82) is 0 Å². The smallest absolute Gasteiger partial charge is 0.318 e. The highest BCUT2D eigenvalue weighted by Gasteiger charge is 2.72. The number of allylic oxidation sites excluding steroid dienone is 4. The van der Waals surface area contributed by atoms with E-state index in [1.165, 1.54) is 14.2 Å². The molecular formula is C33H43NO6. The number of nitrogens with zero attached hydrogens (tertiary/aromatic N) is 1. The van der Waals surface area contributed by atoms with Crippen LogP contribution in [0.4, 0.5) is 0 Å². The predicted octanol–water partition coefficient (Wildman–Crippen LogP) is 5.89. The Morgan fingerprint density at radius 2 is 1.55 bits per heavy atom. The molecular weight excluding hydrogens is 506 g/mol. The number of hydrogen-bond acceptors (Lipinski definition) is 6. The van der Waals surface area contributed by atoms with Gasteiger partial charge in [-0.25, -0.2) is 4.85 Å². The number of methoxy groups -OCH3 is 2. The number of carbonyl (C=O) groups excluding carboxylic acids is 4. The largest absolute Gasteiger partial charge is 0.469 e. The van der Waals surface area contributed by atoms with Crippen LogP contribution in [0.2, 0.25) is 0 Å². The first-order valence-electron chi connectivity index (χ1n) is 14.6. The second-order valence-electron chi connectivity index (χ2n) is 14.8. The number of esters is 2. The maximum absolute atomic E-state index is 14.5. The molecule has 40 heavy (non-hydrogen) atoms. The van der Waals surface area contributed by atoms with Gasteiger partial charge in [-0.15, -0.1) is 0 Å². The van der Waals surface area contributed by atoms with E-state index in [-0.39, 0.29) is 34.7 Å². The van der Waals surface area contributed by atoms with Crippen molar-refractivity contribution >= 4 is 23.5 Å². The third-order valence-corrected chi connectivity index (χ3v) is 12.8. The molecule has 0 aliphatic heterocycles. The molecule has 3 fully saturated rings. The van der Waals surface area contributed by atoms with E-state index in [2.05, 4.69) is 32.5 Å². The van der Waals surface area contributed by atoms with E-state index in [1.54, 1.807) is 19.1 Å². The van der Waals surface area contributed by atoms with Gasteiger partial charge < -0.3 is 14.3 Å². The number of hydrogen-bond donors (Lipinski definition) is 0. The average Bonchev–Trinajstić information content (AvgIpc) is 2.90. The molecule has 5 aliphatic carbocycles. The fraction of sp³-hybridized carbons (Fsp3) is 0.727. The molecule has 0 aromatic rings. The maximum atomic E-state index is 14.5. The van der Waals surface area contributed by atoms with Gasteiger partial charge in [0.15, 0.2) is 11.6 Å². The zero-order chi connectivity index (χ0) is 29.7. The Hall–Kier alpha value is -2.75. The summed E-state index contributed by atoms with van der Waals surface area (Å²) in [7, 11) is 2.73. The summed E-state index contributed by atoms with van der Waals surface area (Å²) in [5.41, 5.74) is -3.05. The highest BCUT2D eigenvalue weighted by Crippen LogP contribution is 2.74. The summed E-state index contributed by atoms with van der Waals surface area (Å²) in [4.78, 5) is 58.1. The lowest BCUT2D eigenvalue weighted by Gasteiger charge is -2.68. The van der Waals surface area contributed by atoms with Gasteiger partial charge in [0.05, 0.1) is 26.2 Å². The number of ketones is 2. The van der Waals surface area contributed by atoms with Crippen LogP contribution in [-0.2, 0) is 28.7 Å². The van der Waals surface area contributed by atoms with E-state index in [0.717, 1.165) is 24.8 Å². The van der Waals surface area contributed by atoms with Crippen molar-refractivity contribution in [2.24, 2.45) is 50.2 Å². The standard InChI is InChI=1S/C33H43NO6/c1-28(2)12-14-33(27(38)40-9)15-13-31(5)24(19(33)17-28)21(35)16-23-29(3)18-20(34-7)25(36)32(6,26(37)39-8)22(29)10-11-30(23,31)4/h16,18-19,22,24H,10-15,17H2,1-6,8-9H3/t19-,22+,24-,29-,30+,31+,32+,33-/m0/s1. The van der Waals surface area contributed by atoms with Gasteiger partial charge in [-0.05, 0) is 86.0 Å². The minimum atomic E-state index is -1.51. The third kappa shape index (κ3) is 3.28. The lowest BCUT2D eigenvalue weighted by atomic mass is 9.34. The average molecular weight is 550 g/mol. The molecule has 5 rings (SSSR count). The fourth-order valence-corrected chi connectivity index (χ4v) is 10.3. The zero-order valence-corrected chi connectivity index (χ0v) is 25.2. The van der Waals surface area contributed by atoms with Crippen LogP contribution >= 0.6 is 0 Å². The van der Waals surface area contributed by atoms with Crippen molar-refractivity contribution in [3.05, 3.63) is 34.8 Å². The summed E-state index contributed by atoms with van der Waals surface area (Å²) in [5.74, 6) is -2.22. The van der Waals surface area contributed by atoms with Crippen LogP contribution < -0.4 is 0 Å². The Bertz CT molecular complexity index is 1320. The van der Waals surface area contributed by atoms with Crippen molar-refractivity contribution in [2.75, 3.05) is 14.2 Å². The first-order valence-corrected chi connectivity index (χ1v) is 14.6. The van der Waals surface area contributed by atoms with Crippen LogP contribution in [0.15, 0.2) is 23.4 Å². The third-order valence-electron chi connectivity index (χ3n) is 12.8. The topological polar surface area (TPSA) is 91.1 Å². The van der Waals surface area contributed by atoms with E-state index in [4.69, 9.17) is 16.0 Å². The van der Waals surface area contributed by atoms with Gasteiger partial charge in [-0.3, -0.25) is 14.4 Å². The van der Waals surface area contributed by atoms with Gasteiger partial charge in [0.2, 0.25) is 5.70 Å². The normalized spacial score (nSPS) is 45.3. The van der Waals surface area contributed by atoms with Gasteiger partial charge in [0.25, 0.3) is 0 Å². The maximum Gasteiger partial charge on any atom is 0.318 e. The number of Topliss-reactive ketones (excluding diaryl/α,β-unsaturated/α-hetero) is 1. The molecule has 7 heteroatoms. The molecule has 0 bridgehead atoms. The molecule has 0 aromatic heterocycles. The van der Waals surface area contributed by atoms with Crippen molar-refractivity contribution in [1.82, 2.24) is 0 Å². The number of rotatable bonds is 2. The van der Waals surface area contributed by atoms with Crippen molar-refractivity contribution < 1.29 is 28.7 Å². The second-order valence-corrected chi connectivity index (χ2v) is 14.8. The molecule has 0 spiro atoms. The Kier molecular flexibility index (Phi) is 6.21. The van der Waals surface area contributed by atoms with Crippen molar-refractivity contribution in [3.8, 4) is 0 Å². The predicted molar refractivity (Wildman–Crippen MR) is 148 cm³/mol. The highest BCUT2D eigenvalue weighted by molar-refractivity contribution is 6.14. The Morgan fingerprint density at radius 3 is 2.15 bits per heavy atom. The van der Waals surface area contributed by atoms with Crippen molar-refractivity contribution in [3.63, 3.8) is 0 Å². The van der Waals surface area contributed by atoms with Crippen LogP contribution in [0.3, 0.4) is 0 Å². The SMILES string of the molecule is [C-]#[N+]C1=C[C@]2(C)C3=CC(=O)[C@@H]4[C@@H]5CC(C)(C)CC[C@]5(C(=O)OC)CC[C@@]4(C)[C@]3(C)CC[C@H]2[C@@](C)(C(=O)OC)C1=O. The Morgan fingerprint density at radius 1 is 0.925 bits per heavy atom. The van der Waals surface area contributed by atoms with Crippen LogP contribution in [0.25, 0.3) is 4.85 Å². The molecule has 5 aliphatic rings. The van der Waals surface area contributed by atoms with Crippen LogP contribution in [0, 0.1) is 56.8 Å². The van der Waals surface area contributed by atoms with Gasteiger partial charge in [0.1, 0.15) is 5.41 Å². The molecule has 3 saturated carbocycles. The second kappa shape index (κ2) is 8.63. The van der Waals surface area contributed by atoms with Gasteiger partial charge in [0, 0.05) is 11.3 Å². The zero-order valence-electron chi connectivity index (χ0n) is 25.2. The Balaban J connectivity index is 1.72. The first kappa shape index (κ1) is 28.8. The van der Waals surface area contributed by atoms with Gasteiger partial charge in [-0.2, -0.15) is 0 Å². The summed E-state index contributed by atoms with van der Waals surface area (Å²) < 4.78 is 10.5. The fourth-order valence-electron chi connectivity index (χ4n) is 10.3. The lowest BCUT2D eigenvalue weighted by Crippen LogP contribution is -2.66.